The molecule has 2 fully saturated rings. The molecule has 18 heavy (non-hydrogen) atoms. The van der Waals surface area contributed by atoms with E-state index in [0.29, 0.717) is 11.3 Å². The van der Waals surface area contributed by atoms with Gasteiger partial charge in [0.2, 0.25) is 5.91 Å². The molecule has 2 unspecified atom stereocenters. The first-order chi connectivity index (χ1) is 8.65. The van der Waals surface area contributed by atoms with E-state index in [4.69, 9.17) is 0 Å². The molecular formula is C15H28N2O. The number of amides is 1. The Balaban J connectivity index is 2.05. The van der Waals surface area contributed by atoms with E-state index in [1.807, 2.05) is 0 Å². The van der Waals surface area contributed by atoms with Crippen LogP contribution in [0, 0.1) is 5.41 Å². The quantitative estimate of drug-likeness (QED) is 0.788. The second-order valence-corrected chi connectivity index (χ2v) is 6.11. The predicted molar refractivity (Wildman–Crippen MR) is 74.2 cm³/mol. The molecule has 104 valence electrons. The SMILES string of the molecule is CCCC1NC(CC)C(=O)N1CC1(CC)CCC1. The highest BCUT2D eigenvalue weighted by Gasteiger charge is 2.44. The van der Waals surface area contributed by atoms with E-state index < -0.39 is 0 Å². The summed E-state index contributed by atoms with van der Waals surface area (Å²) >= 11 is 0. The van der Waals surface area contributed by atoms with E-state index in [-0.39, 0.29) is 12.2 Å². The first-order valence-electron chi connectivity index (χ1n) is 7.72. The van der Waals surface area contributed by atoms with Crippen LogP contribution in [0.25, 0.3) is 0 Å². The fourth-order valence-corrected chi connectivity index (χ4v) is 3.40. The summed E-state index contributed by atoms with van der Waals surface area (Å²) in [6, 6.07) is 0.0653. The Hall–Kier alpha value is -0.570. The maximum atomic E-state index is 12.4. The number of nitrogens with one attached hydrogen (secondary N) is 1. The van der Waals surface area contributed by atoms with E-state index in [2.05, 4.69) is 31.0 Å². The minimum Gasteiger partial charge on any atom is -0.325 e. The van der Waals surface area contributed by atoms with Crippen LogP contribution in [-0.4, -0.2) is 29.6 Å². The number of rotatable bonds is 6. The fraction of sp³-hybridized carbons (Fsp3) is 0.933. The topological polar surface area (TPSA) is 32.3 Å². The molecule has 2 atom stereocenters. The van der Waals surface area contributed by atoms with Crippen LogP contribution in [0.5, 0.6) is 0 Å². The third-order valence-electron chi connectivity index (χ3n) is 4.99. The van der Waals surface area contributed by atoms with Crippen LogP contribution in [0.15, 0.2) is 0 Å². The van der Waals surface area contributed by atoms with Crippen LogP contribution < -0.4 is 5.32 Å². The van der Waals surface area contributed by atoms with Crippen LogP contribution in [0.4, 0.5) is 0 Å². The Labute approximate surface area is 111 Å². The zero-order chi connectivity index (χ0) is 13.2. The Morgan fingerprint density at radius 2 is 2.06 bits per heavy atom. The molecule has 0 radical (unpaired) electrons. The van der Waals surface area contributed by atoms with E-state index in [1.165, 1.54) is 25.7 Å². The van der Waals surface area contributed by atoms with E-state index >= 15 is 0 Å². The van der Waals surface area contributed by atoms with Crippen LogP contribution in [0.3, 0.4) is 0 Å². The van der Waals surface area contributed by atoms with Gasteiger partial charge in [-0.3, -0.25) is 10.1 Å². The van der Waals surface area contributed by atoms with Crippen molar-refractivity contribution in [2.75, 3.05) is 6.54 Å². The highest BCUT2D eigenvalue weighted by molar-refractivity contribution is 5.84. The lowest BCUT2D eigenvalue weighted by Gasteiger charge is -2.45. The Morgan fingerprint density at radius 3 is 2.50 bits per heavy atom. The standard InChI is InChI=1S/C15H28N2O/c1-4-8-13-16-12(5-2)14(18)17(13)11-15(6-3)9-7-10-15/h12-13,16H,4-11H2,1-3H3. The largest absolute Gasteiger partial charge is 0.325 e. The Bertz CT molecular complexity index is 293. The predicted octanol–water partition coefficient (Wildman–Crippen LogP) is 2.90. The molecule has 0 aromatic heterocycles. The zero-order valence-electron chi connectivity index (χ0n) is 12.2. The van der Waals surface area contributed by atoms with Gasteiger partial charge < -0.3 is 4.90 Å². The maximum Gasteiger partial charge on any atom is 0.241 e. The van der Waals surface area contributed by atoms with Gasteiger partial charge >= 0.3 is 0 Å². The molecule has 1 N–H and O–H groups in total. The lowest BCUT2D eigenvalue weighted by atomic mass is 9.66. The maximum absolute atomic E-state index is 12.4. The van der Waals surface area contributed by atoms with Gasteiger partial charge in [0.15, 0.2) is 0 Å². The number of hydrogen-bond acceptors (Lipinski definition) is 2. The molecule has 3 nitrogen and oxygen atoms in total. The van der Waals surface area contributed by atoms with Crippen LogP contribution in [0.1, 0.15) is 65.7 Å². The summed E-state index contributed by atoms with van der Waals surface area (Å²) in [5, 5.41) is 3.51. The van der Waals surface area contributed by atoms with E-state index in [1.54, 1.807) is 0 Å². The van der Waals surface area contributed by atoms with Gasteiger partial charge in [-0.05, 0) is 37.5 Å². The third-order valence-corrected chi connectivity index (χ3v) is 4.99. The second kappa shape index (κ2) is 5.60. The minimum absolute atomic E-state index is 0.0653. The van der Waals surface area contributed by atoms with Crippen molar-refractivity contribution >= 4 is 5.91 Å². The molecule has 0 aromatic rings. The van der Waals surface area contributed by atoms with Gasteiger partial charge in [0.1, 0.15) is 0 Å². The number of carbonyl (C=O) groups excluding carboxylic acids is 1. The molecule has 1 aliphatic heterocycles. The number of carbonyl (C=O) groups is 1. The molecule has 0 spiro atoms. The van der Waals surface area contributed by atoms with Gasteiger partial charge in [-0.2, -0.15) is 0 Å². The van der Waals surface area contributed by atoms with Crippen LogP contribution >= 0.6 is 0 Å². The fourth-order valence-electron chi connectivity index (χ4n) is 3.40. The summed E-state index contributed by atoms with van der Waals surface area (Å²) in [6.07, 6.45) is 8.60. The summed E-state index contributed by atoms with van der Waals surface area (Å²) in [5.74, 6) is 0.343. The highest BCUT2D eigenvalue weighted by atomic mass is 16.2. The number of hydrogen-bond donors (Lipinski definition) is 1. The summed E-state index contributed by atoms with van der Waals surface area (Å²) in [5.41, 5.74) is 0.436. The van der Waals surface area contributed by atoms with Crippen LogP contribution in [-0.2, 0) is 4.79 Å². The van der Waals surface area contributed by atoms with Crippen molar-refractivity contribution in [1.82, 2.24) is 10.2 Å². The highest BCUT2D eigenvalue weighted by Crippen LogP contribution is 2.45. The van der Waals surface area contributed by atoms with Crippen molar-refractivity contribution in [2.24, 2.45) is 5.41 Å². The first kappa shape index (κ1) is 13.9. The molecule has 0 aromatic carbocycles. The van der Waals surface area contributed by atoms with Crippen molar-refractivity contribution in [2.45, 2.75) is 77.9 Å². The average molecular weight is 252 g/mol. The van der Waals surface area contributed by atoms with Crippen molar-refractivity contribution in [3.63, 3.8) is 0 Å². The lowest BCUT2D eigenvalue weighted by molar-refractivity contribution is -0.132. The monoisotopic (exact) mass is 252 g/mol. The first-order valence-corrected chi connectivity index (χ1v) is 7.72. The summed E-state index contributed by atoms with van der Waals surface area (Å²) in [6.45, 7) is 7.55. The molecule has 1 heterocycles. The van der Waals surface area contributed by atoms with Gasteiger partial charge in [-0.25, -0.2) is 0 Å². The van der Waals surface area contributed by atoms with Gasteiger partial charge in [-0.1, -0.05) is 33.6 Å². The molecule has 3 heteroatoms. The molecule has 0 bridgehead atoms. The van der Waals surface area contributed by atoms with Crippen LogP contribution in [0.2, 0.25) is 0 Å². The summed E-state index contributed by atoms with van der Waals surface area (Å²) in [7, 11) is 0. The van der Waals surface area contributed by atoms with Gasteiger partial charge in [0.05, 0.1) is 12.2 Å². The molecular weight excluding hydrogens is 224 g/mol. The van der Waals surface area contributed by atoms with Crippen molar-refractivity contribution in [3.8, 4) is 0 Å². The van der Waals surface area contributed by atoms with E-state index in [0.717, 1.165) is 25.8 Å². The molecule has 1 aliphatic carbocycles. The molecule has 1 saturated carbocycles. The zero-order valence-corrected chi connectivity index (χ0v) is 12.2. The second-order valence-electron chi connectivity index (χ2n) is 6.11. The summed E-state index contributed by atoms with van der Waals surface area (Å²) in [4.78, 5) is 14.6. The Morgan fingerprint density at radius 1 is 1.33 bits per heavy atom. The lowest BCUT2D eigenvalue weighted by Crippen LogP contribution is -2.47. The Kier molecular flexibility index (Phi) is 4.31. The average Bonchev–Trinajstić information content (AvgIpc) is 2.61. The molecule has 2 aliphatic rings. The smallest absolute Gasteiger partial charge is 0.241 e. The van der Waals surface area contributed by atoms with E-state index in [9.17, 15) is 4.79 Å². The normalized spacial score (nSPS) is 30.6. The van der Waals surface area contributed by atoms with Crippen molar-refractivity contribution in [3.05, 3.63) is 0 Å². The van der Waals surface area contributed by atoms with Gasteiger partial charge in [0, 0.05) is 6.54 Å². The van der Waals surface area contributed by atoms with Gasteiger partial charge in [0.25, 0.3) is 0 Å². The summed E-state index contributed by atoms with van der Waals surface area (Å²) < 4.78 is 0. The molecule has 1 saturated heterocycles. The van der Waals surface area contributed by atoms with Crippen molar-refractivity contribution < 1.29 is 4.79 Å². The minimum atomic E-state index is 0.0653. The van der Waals surface area contributed by atoms with Gasteiger partial charge in [-0.15, -0.1) is 0 Å². The molecule has 1 amide bonds. The molecule has 2 rings (SSSR count). The third kappa shape index (κ3) is 2.42. The van der Waals surface area contributed by atoms with Crippen molar-refractivity contribution in [1.29, 1.82) is 0 Å². The number of nitrogens with zero attached hydrogens (tertiary/aromatic N) is 1.